The third kappa shape index (κ3) is 2.14. The molecular weight excluding hydrogens is 246 g/mol. The van der Waals surface area contributed by atoms with Gasteiger partial charge >= 0.3 is 0 Å². The van der Waals surface area contributed by atoms with Crippen LogP contribution in [0.3, 0.4) is 0 Å². The average molecular weight is 257 g/mol. The van der Waals surface area contributed by atoms with Crippen molar-refractivity contribution in [1.82, 2.24) is 20.2 Å². The zero-order chi connectivity index (χ0) is 12.4. The molecule has 0 fully saturated rings. The molecule has 0 aliphatic heterocycles. The molecule has 2 aromatic heterocycles. The van der Waals surface area contributed by atoms with Crippen LogP contribution in [0.5, 0.6) is 0 Å². The lowest BCUT2D eigenvalue weighted by atomic mass is 10.2. The first-order chi connectivity index (χ1) is 8.85. The minimum Gasteiger partial charge on any atom is -0.340 e. The molecule has 1 aromatic carbocycles. The average Bonchev–Trinajstić information content (AvgIpc) is 2.86. The van der Waals surface area contributed by atoms with E-state index in [0.717, 1.165) is 27.6 Å². The highest BCUT2D eigenvalue weighted by Crippen LogP contribution is 2.20. The normalized spacial score (nSPS) is 10.7. The molecule has 0 aliphatic carbocycles. The molecule has 0 spiro atoms. The summed E-state index contributed by atoms with van der Waals surface area (Å²) in [5.41, 5.74) is 2.00. The van der Waals surface area contributed by atoms with Crippen molar-refractivity contribution in [3.63, 3.8) is 0 Å². The van der Waals surface area contributed by atoms with E-state index in [2.05, 4.69) is 25.5 Å². The molecule has 2 N–H and O–H groups in total. The summed E-state index contributed by atoms with van der Waals surface area (Å²) >= 11 is 1.52. The Balaban J connectivity index is 1.90. The predicted molar refractivity (Wildman–Crippen MR) is 73.2 cm³/mol. The highest BCUT2D eigenvalue weighted by molar-refractivity contribution is 7.98. The summed E-state index contributed by atoms with van der Waals surface area (Å²) in [6, 6.07) is 7.85. The molecule has 2 heterocycles. The second-order valence-corrected chi connectivity index (χ2v) is 4.50. The van der Waals surface area contributed by atoms with Gasteiger partial charge in [-0.05, 0) is 30.5 Å². The van der Waals surface area contributed by atoms with E-state index in [1.165, 1.54) is 11.8 Å². The Bertz CT molecular complexity index is 679. The van der Waals surface area contributed by atoms with E-state index >= 15 is 0 Å². The molecule has 0 radical (unpaired) electrons. The Morgan fingerprint density at radius 2 is 2.22 bits per heavy atom. The van der Waals surface area contributed by atoms with Gasteiger partial charge in [0.2, 0.25) is 0 Å². The summed E-state index contributed by atoms with van der Waals surface area (Å²) in [6.45, 7) is 0. The molecule has 90 valence electrons. The van der Waals surface area contributed by atoms with Crippen molar-refractivity contribution in [2.75, 3.05) is 11.6 Å². The molecule has 0 amide bonds. The number of aromatic nitrogens is 4. The van der Waals surface area contributed by atoms with Gasteiger partial charge in [0.15, 0.2) is 5.16 Å². The quantitative estimate of drug-likeness (QED) is 0.558. The van der Waals surface area contributed by atoms with E-state index in [9.17, 15) is 0 Å². The number of nitrogens with one attached hydrogen (secondary N) is 2. The van der Waals surface area contributed by atoms with Crippen molar-refractivity contribution in [2.45, 2.75) is 5.16 Å². The number of rotatable bonds is 3. The van der Waals surface area contributed by atoms with E-state index in [-0.39, 0.29) is 0 Å². The molecule has 3 rings (SSSR count). The van der Waals surface area contributed by atoms with Gasteiger partial charge in [-0.25, -0.2) is 9.97 Å². The van der Waals surface area contributed by atoms with Crippen LogP contribution in [-0.2, 0) is 0 Å². The number of hydrogen-bond acceptors (Lipinski definition) is 5. The third-order valence-corrected chi connectivity index (χ3v) is 3.09. The Morgan fingerprint density at radius 1 is 1.28 bits per heavy atom. The molecule has 0 saturated heterocycles. The van der Waals surface area contributed by atoms with E-state index in [4.69, 9.17) is 0 Å². The van der Waals surface area contributed by atoms with Crippen LogP contribution in [0.1, 0.15) is 0 Å². The Hall–Kier alpha value is -2.08. The smallest absolute Gasteiger partial charge is 0.189 e. The standard InChI is InChI=1S/C12H11N5S/c1-18-12-13-5-4-11(16-12)15-9-2-3-10-8(6-9)7-14-17-10/h2-7H,1H3,(H,14,17)(H,13,15,16). The van der Waals surface area contributed by atoms with Gasteiger partial charge in [0.25, 0.3) is 0 Å². The number of anilines is 2. The van der Waals surface area contributed by atoms with Gasteiger partial charge in [-0.15, -0.1) is 0 Å². The number of H-pyrrole nitrogens is 1. The largest absolute Gasteiger partial charge is 0.340 e. The van der Waals surface area contributed by atoms with Crippen LogP contribution in [0.4, 0.5) is 11.5 Å². The topological polar surface area (TPSA) is 66.5 Å². The fourth-order valence-electron chi connectivity index (χ4n) is 1.68. The lowest BCUT2D eigenvalue weighted by molar-refractivity contribution is 0.976. The molecule has 3 aromatic rings. The van der Waals surface area contributed by atoms with Crippen molar-refractivity contribution in [2.24, 2.45) is 0 Å². The van der Waals surface area contributed by atoms with Crippen LogP contribution < -0.4 is 5.32 Å². The van der Waals surface area contributed by atoms with Crippen LogP contribution in [0.25, 0.3) is 10.9 Å². The molecular formula is C12H11N5S. The van der Waals surface area contributed by atoms with E-state index in [0.29, 0.717) is 0 Å². The summed E-state index contributed by atoms with van der Waals surface area (Å²) in [5, 5.41) is 12.0. The Labute approximate surface area is 108 Å². The van der Waals surface area contributed by atoms with Gasteiger partial charge < -0.3 is 5.32 Å². The van der Waals surface area contributed by atoms with Gasteiger partial charge in [0, 0.05) is 17.3 Å². The highest BCUT2D eigenvalue weighted by Gasteiger charge is 2.01. The van der Waals surface area contributed by atoms with Crippen molar-refractivity contribution in [3.05, 3.63) is 36.7 Å². The monoisotopic (exact) mass is 257 g/mol. The van der Waals surface area contributed by atoms with Crippen LogP contribution >= 0.6 is 11.8 Å². The van der Waals surface area contributed by atoms with Crippen molar-refractivity contribution in [1.29, 1.82) is 0 Å². The maximum absolute atomic E-state index is 4.37. The number of nitrogens with zero attached hydrogens (tertiary/aromatic N) is 3. The molecule has 0 bridgehead atoms. The maximum atomic E-state index is 4.37. The summed E-state index contributed by atoms with van der Waals surface area (Å²) in [7, 11) is 0. The van der Waals surface area contributed by atoms with Gasteiger partial charge in [-0.1, -0.05) is 11.8 Å². The van der Waals surface area contributed by atoms with Crippen molar-refractivity contribution in [3.8, 4) is 0 Å². The van der Waals surface area contributed by atoms with E-state index in [1.54, 1.807) is 12.4 Å². The van der Waals surface area contributed by atoms with Crippen LogP contribution in [0.15, 0.2) is 41.8 Å². The first-order valence-corrected chi connectivity index (χ1v) is 6.65. The van der Waals surface area contributed by atoms with Crippen molar-refractivity contribution < 1.29 is 0 Å². The zero-order valence-electron chi connectivity index (χ0n) is 9.71. The number of hydrogen-bond donors (Lipinski definition) is 2. The van der Waals surface area contributed by atoms with Crippen LogP contribution in [0, 0.1) is 0 Å². The summed E-state index contributed by atoms with van der Waals surface area (Å²) < 4.78 is 0. The number of aromatic amines is 1. The fourth-order valence-corrected chi connectivity index (χ4v) is 2.03. The molecule has 0 saturated carbocycles. The minimum absolute atomic E-state index is 0.754. The second kappa shape index (κ2) is 4.66. The number of benzene rings is 1. The SMILES string of the molecule is CSc1nccc(Nc2ccc3[nH]ncc3c2)n1. The lowest BCUT2D eigenvalue weighted by Gasteiger charge is -2.06. The molecule has 0 atom stereocenters. The van der Waals surface area contributed by atoms with E-state index in [1.807, 2.05) is 30.5 Å². The van der Waals surface area contributed by atoms with E-state index < -0.39 is 0 Å². The molecule has 0 aliphatic rings. The third-order valence-electron chi connectivity index (χ3n) is 2.53. The van der Waals surface area contributed by atoms with Gasteiger partial charge in [0.1, 0.15) is 5.82 Å². The van der Waals surface area contributed by atoms with Crippen LogP contribution in [0.2, 0.25) is 0 Å². The Morgan fingerprint density at radius 3 is 3.11 bits per heavy atom. The summed E-state index contributed by atoms with van der Waals surface area (Å²) in [5.74, 6) is 0.789. The maximum Gasteiger partial charge on any atom is 0.189 e. The lowest BCUT2D eigenvalue weighted by Crippen LogP contribution is -1.95. The van der Waals surface area contributed by atoms with Crippen molar-refractivity contribution >= 4 is 34.2 Å². The first kappa shape index (κ1) is 11.0. The summed E-state index contributed by atoms with van der Waals surface area (Å²) in [4.78, 5) is 8.51. The molecule has 5 nitrogen and oxygen atoms in total. The second-order valence-electron chi connectivity index (χ2n) is 3.73. The van der Waals surface area contributed by atoms with Gasteiger partial charge in [-0.3, -0.25) is 5.10 Å². The fraction of sp³-hybridized carbons (Fsp3) is 0.0833. The predicted octanol–water partition coefficient (Wildman–Crippen LogP) is 2.82. The number of thioether (sulfide) groups is 1. The van der Waals surface area contributed by atoms with Crippen LogP contribution in [-0.4, -0.2) is 26.4 Å². The minimum atomic E-state index is 0.754. The first-order valence-electron chi connectivity index (χ1n) is 5.42. The molecule has 6 heteroatoms. The summed E-state index contributed by atoms with van der Waals surface area (Å²) in [6.07, 6.45) is 5.50. The molecule has 0 unspecified atom stereocenters. The van der Waals surface area contributed by atoms with Gasteiger partial charge in [0.05, 0.1) is 11.7 Å². The highest BCUT2D eigenvalue weighted by atomic mass is 32.2. The number of fused-ring (bicyclic) bond motifs is 1. The molecule has 18 heavy (non-hydrogen) atoms. The zero-order valence-corrected chi connectivity index (χ0v) is 10.5. The Kier molecular flexibility index (Phi) is 2.85. The van der Waals surface area contributed by atoms with Gasteiger partial charge in [-0.2, -0.15) is 5.10 Å².